The number of thioether (sulfide) groups is 1. The maximum Gasteiger partial charge on any atom is 0.233 e. The summed E-state index contributed by atoms with van der Waals surface area (Å²) in [6.45, 7) is 2.28. The van der Waals surface area contributed by atoms with Crippen molar-refractivity contribution < 1.29 is 9.53 Å². The molecule has 0 unspecified atom stereocenters. The van der Waals surface area contributed by atoms with E-state index in [1.54, 1.807) is 11.8 Å². The lowest BCUT2D eigenvalue weighted by Gasteiger charge is -2.33. The summed E-state index contributed by atoms with van der Waals surface area (Å²) in [4.78, 5) is 14.5. The third kappa shape index (κ3) is 4.17. The molecule has 0 saturated heterocycles. The molecular weight excluding hydrogens is 350 g/mol. The number of hydrogen-bond acceptors (Lipinski definition) is 6. The fourth-order valence-electron chi connectivity index (χ4n) is 3.29. The van der Waals surface area contributed by atoms with E-state index in [1.807, 2.05) is 36.2 Å². The van der Waals surface area contributed by atoms with Crippen LogP contribution < -0.4 is 4.74 Å². The minimum atomic E-state index is 0.115. The maximum absolute atomic E-state index is 12.6. The molecule has 0 aliphatic heterocycles. The van der Waals surface area contributed by atoms with Gasteiger partial charge in [0.2, 0.25) is 11.1 Å². The quantitative estimate of drug-likeness (QED) is 0.723. The van der Waals surface area contributed by atoms with Gasteiger partial charge in [-0.25, -0.2) is 0 Å². The van der Waals surface area contributed by atoms with Crippen molar-refractivity contribution in [3.63, 3.8) is 0 Å². The summed E-state index contributed by atoms with van der Waals surface area (Å²) in [5.41, 5.74) is 0.754. The molecule has 1 aliphatic carbocycles. The number of tetrazole rings is 1. The van der Waals surface area contributed by atoms with Crippen LogP contribution in [0.4, 0.5) is 0 Å². The average molecular weight is 375 g/mol. The van der Waals surface area contributed by atoms with E-state index in [0.717, 1.165) is 24.4 Å². The molecular formula is C18H25N5O2S. The first-order valence-electron chi connectivity index (χ1n) is 8.90. The highest BCUT2D eigenvalue weighted by Gasteiger charge is 2.25. The molecule has 0 spiro atoms. The van der Waals surface area contributed by atoms with Crippen LogP contribution in [0.5, 0.6) is 5.75 Å². The van der Waals surface area contributed by atoms with Crippen LogP contribution in [0.2, 0.25) is 0 Å². The van der Waals surface area contributed by atoms with Crippen LogP contribution in [-0.2, 0) is 4.79 Å². The Labute approximate surface area is 158 Å². The minimum Gasteiger partial charge on any atom is -0.494 e. The van der Waals surface area contributed by atoms with Crippen LogP contribution in [0.1, 0.15) is 32.6 Å². The number of rotatable bonds is 6. The van der Waals surface area contributed by atoms with Gasteiger partial charge in [0.15, 0.2) is 0 Å². The Hall–Kier alpha value is -2.09. The first kappa shape index (κ1) is 18.7. The molecule has 0 radical (unpaired) electrons. The number of carbonyl (C=O) groups is 1. The van der Waals surface area contributed by atoms with Gasteiger partial charge in [-0.05, 0) is 54.2 Å². The average Bonchev–Trinajstić information content (AvgIpc) is 3.14. The van der Waals surface area contributed by atoms with Gasteiger partial charge in [-0.2, -0.15) is 4.68 Å². The third-order valence-electron chi connectivity index (χ3n) is 5.01. The van der Waals surface area contributed by atoms with Gasteiger partial charge in [-0.3, -0.25) is 4.79 Å². The Morgan fingerprint density at radius 3 is 2.77 bits per heavy atom. The maximum atomic E-state index is 12.6. The van der Waals surface area contributed by atoms with Gasteiger partial charge >= 0.3 is 0 Å². The second kappa shape index (κ2) is 8.53. The lowest BCUT2D eigenvalue weighted by Crippen LogP contribution is -2.40. The second-order valence-corrected chi connectivity index (χ2v) is 7.69. The predicted octanol–water partition coefficient (Wildman–Crippen LogP) is 2.80. The van der Waals surface area contributed by atoms with Gasteiger partial charge in [0.25, 0.3) is 0 Å². The van der Waals surface area contributed by atoms with Crippen molar-refractivity contribution >= 4 is 17.7 Å². The largest absolute Gasteiger partial charge is 0.494 e. The molecule has 2 aromatic rings. The first-order chi connectivity index (χ1) is 12.6. The van der Waals surface area contributed by atoms with Gasteiger partial charge in [0, 0.05) is 13.1 Å². The summed E-state index contributed by atoms with van der Waals surface area (Å²) in [5, 5.41) is 12.4. The number of ether oxygens (including phenoxy) is 1. The summed E-state index contributed by atoms with van der Waals surface area (Å²) >= 11 is 1.35. The molecule has 26 heavy (non-hydrogen) atoms. The molecule has 1 saturated carbocycles. The van der Waals surface area contributed by atoms with Crippen molar-refractivity contribution in [2.75, 3.05) is 19.9 Å². The third-order valence-corrected chi connectivity index (χ3v) is 5.91. The zero-order chi connectivity index (χ0) is 18.5. The van der Waals surface area contributed by atoms with Crippen molar-refractivity contribution in [3.05, 3.63) is 24.3 Å². The molecule has 8 heteroatoms. The topological polar surface area (TPSA) is 73.1 Å². The van der Waals surface area contributed by atoms with Gasteiger partial charge in [-0.15, -0.1) is 5.10 Å². The molecule has 1 aromatic carbocycles. The van der Waals surface area contributed by atoms with E-state index in [4.69, 9.17) is 4.74 Å². The van der Waals surface area contributed by atoms with Gasteiger partial charge in [0.1, 0.15) is 11.4 Å². The number of para-hydroxylation sites is 2. The summed E-state index contributed by atoms with van der Waals surface area (Å²) in [6.07, 6.45) is 4.57. The molecule has 7 nitrogen and oxygen atoms in total. The van der Waals surface area contributed by atoms with Crippen molar-refractivity contribution in [1.29, 1.82) is 0 Å². The van der Waals surface area contributed by atoms with Gasteiger partial charge in [-0.1, -0.05) is 30.8 Å². The van der Waals surface area contributed by atoms with E-state index < -0.39 is 0 Å². The van der Waals surface area contributed by atoms with E-state index in [1.165, 1.54) is 24.6 Å². The molecule has 140 valence electrons. The number of benzene rings is 1. The van der Waals surface area contributed by atoms with Crippen LogP contribution in [0.15, 0.2) is 29.4 Å². The second-order valence-electron chi connectivity index (χ2n) is 6.75. The SMILES string of the molecule is COc1ccccc1-n1nnnc1SCC(=O)N(C)C1CCC(C)CC1. The van der Waals surface area contributed by atoms with Gasteiger partial charge < -0.3 is 9.64 Å². The molecule has 0 N–H and O–H groups in total. The number of hydrogen-bond donors (Lipinski definition) is 0. The molecule has 3 rings (SSSR count). The van der Waals surface area contributed by atoms with Crippen LogP contribution in [-0.4, -0.2) is 57.0 Å². The lowest BCUT2D eigenvalue weighted by atomic mass is 9.87. The summed E-state index contributed by atoms with van der Waals surface area (Å²) < 4.78 is 6.99. The molecule has 1 fully saturated rings. The molecule has 1 aromatic heterocycles. The standard InChI is InChI=1S/C18H25N5O2S/c1-13-8-10-14(11-9-13)22(2)17(24)12-26-18-19-20-21-23(18)15-6-4-5-7-16(15)25-3/h4-7,13-14H,8-12H2,1-3H3. The Kier molecular flexibility index (Phi) is 6.13. The number of amides is 1. The number of nitrogens with zero attached hydrogens (tertiary/aromatic N) is 5. The van der Waals surface area contributed by atoms with Crippen molar-refractivity contribution in [2.45, 2.75) is 43.8 Å². The van der Waals surface area contributed by atoms with E-state index in [2.05, 4.69) is 22.4 Å². The van der Waals surface area contributed by atoms with Crippen molar-refractivity contribution in [1.82, 2.24) is 25.1 Å². The fraction of sp³-hybridized carbons (Fsp3) is 0.556. The monoisotopic (exact) mass is 375 g/mol. The first-order valence-corrected chi connectivity index (χ1v) is 9.89. The molecule has 0 atom stereocenters. The lowest BCUT2D eigenvalue weighted by molar-refractivity contribution is -0.129. The predicted molar refractivity (Wildman–Crippen MR) is 101 cm³/mol. The minimum absolute atomic E-state index is 0.115. The van der Waals surface area contributed by atoms with Crippen LogP contribution in [0, 0.1) is 5.92 Å². The summed E-state index contributed by atoms with van der Waals surface area (Å²) in [5.74, 6) is 1.89. The van der Waals surface area contributed by atoms with Crippen molar-refractivity contribution in [3.8, 4) is 11.4 Å². The Morgan fingerprint density at radius 1 is 1.31 bits per heavy atom. The Morgan fingerprint density at radius 2 is 2.04 bits per heavy atom. The van der Waals surface area contributed by atoms with Crippen LogP contribution in [0.25, 0.3) is 5.69 Å². The van der Waals surface area contributed by atoms with Crippen LogP contribution in [0.3, 0.4) is 0 Å². The number of methoxy groups -OCH3 is 1. The van der Waals surface area contributed by atoms with Gasteiger partial charge in [0.05, 0.1) is 12.9 Å². The summed E-state index contributed by atoms with van der Waals surface area (Å²) in [7, 11) is 3.52. The number of aromatic nitrogens is 4. The highest BCUT2D eigenvalue weighted by Crippen LogP contribution is 2.28. The molecule has 1 heterocycles. The van der Waals surface area contributed by atoms with E-state index >= 15 is 0 Å². The van der Waals surface area contributed by atoms with Crippen molar-refractivity contribution in [2.24, 2.45) is 5.92 Å². The Balaban J connectivity index is 1.64. The highest BCUT2D eigenvalue weighted by atomic mass is 32.2. The highest BCUT2D eigenvalue weighted by molar-refractivity contribution is 7.99. The van der Waals surface area contributed by atoms with E-state index in [9.17, 15) is 4.79 Å². The zero-order valence-corrected chi connectivity index (χ0v) is 16.3. The van der Waals surface area contributed by atoms with Crippen LogP contribution >= 0.6 is 11.8 Å². The summed E-state index contributed by atoms with van der Waals surface area (Å²) in [6, 6.07) is 7.88. The molecule has 1 amide bonds. The smallest absolute Gasteiger partial charge is 0.233 e. The van der Waals surface area contributed by atoms with E-state index in [-0.39, 0.29) is 5.91 Å². The number of carbonyl (C=O) groups excluding carboxylic acids is 1. The normalized spacial score (nSPS) is 20.0. The fourth-order valence-corrected chi connectivity index (χ4v) is 4.09. The zero-order valence-electron chi connectivity index (χ0n) is 15.5. The molecule has 0 bridgehead atoms. The Bertz CT molecular complexity index is 743. The molecule has 1 aliphatic rings. The van der Waals surface area contributed by atoms with E-state index in [0.29, 0.717) is 22.7 Å².